The first kappa shape index (κ1) is 34.9. The lowest BCUT2D eigenvalue weighted by Crippen LogP contribution is -2.49. The average molecular weight is 685 g/mol. The van der Waals surface area contributed by atoms with Gasteiger partial charge in [-0.15, -0.1) is 0 Å². The van der Waals surface area contributed by atoms with Crippen molar-refractivity contribution in [2.45, 2.75) is 36.6 Å². The van der Waals surface area contributed by atoms with Gasteiger partial charge in [-0.3, -0.25) is 14.5 Å². The number of nitrogens with one attached hydrogen (secondary N) is 2. The van der Waals surface area contributed by atoms with E-state index in [-0.39, 0.29) is 28.9 Å². The number of benzene rings is 4. The fraction of sp³-hybridized carbons (Fsp3) is 0.270. The third-order valence-electron chi connectivity index (χ3n) is 8.14. The molecular formula is C37H40N4O5S2. The number of hydrogen-bond donors (Lipinski definition) is 2. The Balaban J connectivity index is 1.06. The van der Waals surface area contributed by atoms with E-state index in [1.165, 1.54) is 33.1 Å². The first-order valence-corrected chi connectivity index (χ1v) is 17.9. The zero-order valence-electron chi connectivity index (χ0n) is 26.7. The van der Waals surface area contributed by atoms with Gasteiger partial charge in [0.1, 0.15) is 0 Å². The lowest BCUT2D eigenvalue weighted by atomic mass is 9.96. The molecule has 4 aromatic rings. The maximum absolute atomic E-state index is 13.5. The monoisotopic (exact) mass is 684 g/mol. The van der Waals surface area contributed by atoms with Crippen LogP contribution in [0.15, 0.2) is 120 Å². The Kier molecular flexibility index (Phi) is 12.4. The van der Waals surface area contributed by atoms with Gasteiger partial charge in [-0.1, -0.05) is 91.0 Å². The maximum Gasteiger partial charge on any atom is 0.306 e. The number of piperazine rings is 1. The molecule has 0 saturated carbocycles. The molecule has 0 atom stereocenters. The standard InChI is InChI=1S/C37H40N4O5S2/c42-34(22-23-35(43)46-28-10-13-29-11-4-1-5-12-29)39-37(47)38-32-18-20-33(21-19-32)48(44,45)41-26-24-40(25-27-41)36(30-14-6-2-7-15-30)31-16-8-3-9-17-31/h1-9,11-12,14-21,36H,10,13,22-28H2,(H2,38,39,42,47). The van der Waals surface area contributed by atoms with Crippen molar-refractivity contribution in [3.05, 3.63) is 132 Å². The van der Waals surface area contributed by atoms with Crippen LogP contribution in [0.4, 0.5) is 5.69 Å². The number of carbonyl (C=O) groups is 2. The molecule has 250 valence electrons. The van der Waals surface area contributed by atoms with E-state index in [1.807, 2.05) is 66.7 Å². The van der Waals surface area contributed by atoms with Crippen LogP contribution in [-0.2, 0) is 30.8 Å². The summed E-state index contributed by atoms with van der Waals surface area (Å²) in [6.45, 7) is 2.21. The van der Waals surface area contributed by atoms with E-state index >= 15 is 0 Å². The van der Waals surface area contributed by atoms with Gasteiger partial charge < -0.3 is 15.4 Å². The van der Waals surface area contributed by atoms with Crippen LogP contribution in [0, 0.1) is 0 Å². The van der Waals surface area contributed by atoms with Crippen LogP contribution in [-0.4, -0.2) is 67.4 Å². The summed E-state index contributed by atoms with van der Waals surface area (Å²) in [5, 5.41) is 5.49. The van der Waals surface area contributed by atoms with Crippen LogP contribution < -0.4 is 10.6 Å². The number of thiocarbonyl (C=S) groups is 1. The number of esters is 1. The zero-order chi connectivity index (χ0) is 33.8. The first-order valence-electron chi connectivity index (χ1n) is 16.0. The molecule has 5 rings (SSSR count). The molecule has 2 N–H and O–H groups in total. The smallest absolute Gasteiger partial charge is 0.306 e. The van der Waals surface area contributed by atoms with Crippen molar-refractivity contribution in [2.24, 2.45) is 0 Å². The molecule has 1 fully saturated rings. The Morgan fingerprint density at radius 2 is 1.31 bits per heavy atom. The third kappa shape index (κ3) is 9.80. The Morgan fingerprint density at radius 1 is 0.750 bits per heavy atom. The van der Waals surface area contributed by atoms with E-state index in [0.717, 1.165) is 6.42 Å². The fourth-order valence-electron chi connectivity index (χ4n) is 5.69. The Hall–Kier alpha value is -4.42. The second kappa shape index (κ2) is 17.1. The van der Waals surface area contributed by atoms with Gasteiger partial charge in [-0.25, -0.2) is 8.42 Å². The summed E-state index contributed by atoms with van der Waals surface area (Å²) >= 11 is 5.25. The van der Waals surface area contributed by atoms with Gasteiger partial charge in [-0.05, 0) is 66.0 Å². The number of aryl methyl sites for hydroxylation is 1. The first-order chi connectivity index (χ1) is 23.3. The summed E-state index contributed by atoms with van der Waals surface area (Å²) in [5.41, 5.74) is 4.04. The number of hydrogen-bond acceptors (Lipinski definition) is 7. The second-order valence-electron chi connectivity index (χ2n) is 11.5. The van der Waals surface area contributed by atoms with Gasteiger partial charge >= 0.3 is 5.97 Å². The normalized spacial score (nSPS) is 13.9. The molecule has 1 heterocycles. The molecule has 0 aromatic heterocycles. The molecule has 0 unspecified atom stereocenters. The summed E-state index contributed by atoms with van der Waals surface area (Å²) in [7, 11) is -3.71. The molecule has 0 aliphatic carbocycles. The molecule has 1 aliphatic heterocycles. The quantitative estimate of drug-likeness (QED) is 0.107. The summed E-state index contributed by atoms with van der Waals surface area (Å²) < 4.78 is 33.8. The summed E-state index contributed by atoms with van der Waals surface area (Å²) in [6.07, 6.45) is 1.39. The van der Waals surface area contributed by atoms with Gasteiger partial charge in [0, 0.05) is 38.3 Å². The van der Waals surface area contributed by atoms with Gasteiger partial charge in [0.2, 0.25) is 15.9 Å². The lowest BCUT2D eigenvalue weighted by Gasteiger charge is -2.39. The van der Waals surface area contributed by atoms with Crippen LogP contribution in [0.5, 0.6) is 0 Å². The molecule has 9 nitrogen and oxygen atoms in total. The van der Waals surface area contributed by atoms with E-state index in [2.05, 4.69) is 39.8 Å². The Morgan fingerprint density at radius 3 is 1.90 bits per heavy atom. The van der Waals surface area contributed by atoms with Crippen LogP contribution in [0.2, 0.25) is 0 Å². The average Bonchev–Trinajstić information content (AvgIpc) is 3.11. The number of anilines is 1. The second-order valence-corrected chi connectivity index (χ2v) is 13.8. The molecule has 4 aromatic carbocycles. The fourth-order valence-corrected chi connectivity index (χ4v) is 7.35. The SMILES string of the molecule is O=C(CCC(=O)OCCCc1ccccc1)NC(=S)Nc1ccc(S(=O)(=O)N2CCN(C(c3ccccc3)c3ccccc3)CC2)cc1. The highest BCUT2D eigenvalue weighted by molar-refractivity contribution is 7.89. The maximum atomic E-state index is 13.5. The van der Waals surface area contributed by atoms with Crippen LogP contribution in [0.25, 0.3) is 0 Å². The predicted molar refractivity (Wildman–Crippen MR) is 191 cm³/mol. The van der Waals surface area contributed by atoms with Crippen molar-refractivity contribution in [3.8, 4) is 0 Å². The molecule has 11 heteroatoms. The molecular weight excluding hydrogens is 645 g/mol. The Labute approximate surface area is 288 Å². The number of ether oxygens (including phenoxy) is 1. The number of nitrogens with zero attached hydrogens (tertiary/aromatic N) is 2. The van der Waals surface area contributed by atoms with Crippen molar-refractivity contribution in [3.63, 3.8) is 0 Å². The minimum Gasteiger partial charge on any atom is -0.466 e. The van der Waals surface area contributed by atoms with Crippen molar-refractivity contribution in [1.29, 1.82) is 0 Å². The summed E-state index contributed by atoms with van der Waals surface area (Å²) in [6, 6.07) is 36.8. The van der Waals surface area contributed by atoms with Gasteiger partial charge in [0.25, 0.3) is 0 Å². The largest absolute Gasteiger partial charge is 0.466 e. The topological polar surface area (TPSA) is 108 Å². The van der Waals surface area contributed by atoms with Gasteiger partial charge in [0.05, 0.1) is 24.0 Å². The van der Waals surface area contributed by atoms with Crippen LogP contribution in [0.3, 0.4) is 0 Å². The van der Waals surface area contributed by atoms with Crippen LogP contribution in [0.1, 0.15) is 42.0 Å². The highest BCUT2D eigenvalue weighted by Gasteiger charge is 2.32. The van der Waals surface area contributed by atoms with E-state index in [1.54, 1.807) is 12.1 Å². The van der Waals surface area contributed by atoms with Gasteiger partial charge in [-0.2, -0.15) is 4.31 Å². The molecule has 1 aliphatic rings. The molecule has 1 saturated heterocycles. The zero-order valence-corrected chi connectivity index (χ0v) is 28.3. The molecule has 1 amide bonds. The summed E-state index contributed by atoms with van der Waals surface area (Å²) in [5.74, 6) is -0.864. The Bertz CT molecular complexity index is 1710. The number of sulfonamides is 1. The molecule has 0 spiro atoms. The van der Waals surface area contributed by atoms with Crippen molar-refractivity contribution >= 4 is 44.9 Å². The molecule has 48 heavy (non-hydrogen) atoms. The van der Waals surface area contributed by atoms with Crippen molar-refractivity contribution in [2.75, 3.05) is 38.1 Å². The van der Waals surface area contributed by atoms with Crippen LogP contribution >= 0.6 is 12.2 Å². The van der Waals surface area contributed by atoms with E-state index in [0.29, 0.717) is 44.9 Å². The number of rotatable bonds is 13. The predicted octanol–water partition coefficient (Wildman–Crippen LogP) is 5.55. The third-order valence-corrected chi connectivity index (χ3v) is 10.3. The highest BCUT2D eigenvalue weighted by Crippen LogP contribution is 2.30. The van der Waals surface area contributed by atoms with Crippen molar-refractivity contribution < 1.29 is 22.7 Å². The van der Waals surface area contributed by atoms with Gasteiger partial charge in [0.15, 0.2) is 5.11 Å². The van der Waals surface area contributed by atoms with E-state index in [4.69, 9.17) is 17.0 Å². The van der Waals surface area contributed by atoms with Crippen molar-refractivity contribution in [1.82, 2.24) is 14.5 Å². The minimum absolute atomic E-state index is 0.0379. The van der Waals surface area contributed by atoms with E-state index < -0.39 is 21.9 Å². The molecule has 0 radical (unpaired) electrons. The minimum atomic E-state index is -3.71. The lowest BCUT2D eigenvalue weighted by molar-refractivity contribution is -0.145. The number of amides is 1. The number of carbonyl (C=O) groups excluding carboxylic acids is 2. The summed E-state index contributed by atoms with van der Waals surface area (Å²) in [4.78, 5) is 26.8. The van der Waals surface area contributed by atoms with E-state index in [9.17, 15) is 18.0 Å². The molecule has 0 bridgehead atoms. The highest BCUT2D eigenvalue weighted by atomic mass is 32.2.